The van der Waals surface area contributed by atoms with Crippen molar-refractivity contribution in [1.29, 1.82) is 0 Å². The molecule has 0 aliphatic rings. The molecule has 2 aromatic rings. The molecule has 2 rings (SSSR count). The predicted molar refractivity (Wildman–Crippen MR) is 99.3 cm³/mol. The molecule has 7 heteroatoms. The summed E-state index contributed by atoms with van der Waals surface area (Å²) in [6.07, 6.45) is 6.39. The van der Waals surface area contributed by atoms with Gasteiger partial charge in [0.2, 0.25) is 0 Å². The van der Waals surface area contributed by atoms with Crippen LogP contribution in [0, 0.1) is 0 Å². The topological polar surface area (TPSA) is 86.7 Å². The smallest absolute Gasteiger partial charge is 0.872 e. The minimum atomic E-state index is -4.58. The van der Waals surface area contributed by atoms with Crippen LogP contribution in [0.5, 0.6) is 17.2 Å². The van der Waals surface area contributed by atoms with E-state index in [1.807, 2.05) is 0 Å². The van der Waals surface area contributed by atoms with E-state index in [1.165, 1.54) is 18.6 Å². The monoisotopic (exact) mass is 400 g/mol. The van der Waals surface area contributed by atoms with Gasteiger partial charge in [0.25, 0.3) is 10.1 Å². The molecule has 0 radical (unpaired) electrons. The second-order valence-corrected chi connectivity index (χ2v) is 7.64. The van der Waals surface area contributed by atoms with Gasteiger partial charge in [0.15, 0.2) is 0 Å². The summed E-state index contributed by atoms with van der Waals surface area (Å²) in [5.74, 6) is 0.00689. The minimum Gasteiger partial charge on any atom is -0.872 e. The first-order chi connectivity index (χ1) is 12.4. The molecular weight excluding hydrogens is 375 g/mol. The maximum atomic E-state index is 12.2. The molecule has 0 fully saturated rings. The van der Waals surface area contributed by atoms with Gasteiger partial charge in [0, 0.05) is 0 Å². The Morgan fingerprint density at radius 3 is 2.22 bits per heavy atom. The van der Waals surface area contributed by atoms with Gasteiger partial charge in [0.05, 0.1) is 0 Å². The molecule has 0 spiro atoms. The van der Waals surface area contributed by atoms with E-state index in [1.54, 1.807) is 30.3 Å². The molecule has 0 aliphatic heterocycles. The number of benzene rings is 2. The largest absolute Gasteiger partial charge is 1.00 e. The molecular formula is C20H25NaO5S. The van der Waals surface area contributed by atoms with Crippen LogP contribution in [0.25, 0.3) is 0 Å². The molecule has 0 atom stereocenters. The van der Waals surface area contributed by atoms with E-state index in [2.05, 4.69) is 6.92 Å². The third kappa shape index (κ3) is 7.47. The third-order valence-electron chi connectivity index (χ3n) is 4.19. The van der Waals surface area contributed by atoms with Crippen LogP contribution in [0.2, 0.25) is 0 Å². The van der Waals surface area contributed by atoms with Crippen LogP contribution < -0.4 is 39.4 Å². The van der Waals surface area contributed by atoms with Gasteiger partial charge in [-0.1, -0.05) is 63.3 Å². The Morgan fingerprint density at radius 1 is 0.963 bits per heavy atom. The van der Waals surface area contributed by atoms with Gasteiger partial charge in [-0.2, -0.15) is 8.42 Å². The standard InChI is InChI=1S/C20H26O5S.Na/c1-2-3-4-5-6-10-13-17-18(21)14-15-19(20(17)26(22,23)24)25-16-11-8-7-9-12-16;/h7-9,11-12,14-15,21H,2-6,10,13H2,1H3,(H,22,23,24);/q;+1/p-1. The molecule has 2 aromatic carbocycles. The molecule has 0 heterocycles. The van der Waals surface area contributed by atoms with Crippen molar-refractivity contribution in [2.24, 2.45) is 0 Å². The minimum absolute atomic E-state index is 0. The zero-order valence-electron chi connectivity index (χ0n) is 16.0. The van der Waals surface area contributed by atoms with E-state index in [9.17, 15) is 18.1 Å². The average Bonchev–Trinajstić information content (AvgIpc) is 2.60. The van der Waals surface area contributed by atoms with E-state index in [4.69, 9.17) is 4.74 Å². The van der Waals surface area contributed by atoms with Gasteiger partial charge in [-0.15, -0.1) is 5.75 Å². The molecule has 0 saturated heterocycles. The van der Waals surface area contributed by atoms with Crippen LogP contribution in [-0.2, 0) is 16.5 Å². The Labute approximate surface area is 183 Å². The average molecular weight is 400 g/mol. The van der Waals surface area contributed by atoms with Gasteiger partial charge in [-0.25, -0.2) is 0 Å². The molecule has 142 valence electrons. The summed E-state index contributed by atoms with van der Waals surface area (Å²) < 4.78 is 39.1. The van der Waals surface area contributed by atoms with Gasteiger partial charge in [-0.05, 0) is 36.6 Å². The maximum Gasteiger partial charge on any atom is 1.00 e. The van der Waals surface area contributed by atoms with E-state index >= 15 is 0 Å². The van der Waals surface area contributed by atoms with Crippen molar-refractivity contribution in [3.05, 3.63) is 48.0 Å². The second-order valence-electron chi connectivity index (χ2n) is 6.28. The number of ether oxygens (including phenoxy) is 1. The summed E-state index contributed by atoms with van der Waals surface area (Å²) in [6.45, 7) is 2.14. The SMILES string of the molecule is CCCCCCCCc1c([O-])ccc(Oc2ccccc2)c1S(=O)(=O)O.[Na+]. The van der Waals surface area contributed by atoms with Crippen LogP contribution in [0.3, 0.4) is 0 Å². The van der Waals surface area contributed by atoms with Crippen molar-refractivity contribution >= 4 is 10.1 Å². The zero-order chi connectivity index (χ0) is 19.0. The molecule has 0 aliphatic carbocycles. The van der Waals surface area contributed by atoms with Crippen molar-refractivity contribution in [1.82, 2.24) is 0 Å². The Hall–Kier alpha value is -1.05. The molecule has 0 unspecified atom stereocenters. The van der Waals surface area contributed by atoms with E-state index in [-0.39, 0.29) is 40.9 Å². The molecule has 5 nitrogen and oxygen atoms in total. The van der Waals surface area contributed by atoms with E-state index in [0.717, 1.165) is 25.7 Å². The molecule has 0 aromatic heterocycles. The molecule has 0 bridgehead atoms. The van der Waals surface area contributed by atoms with Gasteiger partial charge in [0.1, 0.15) is 16.4 Å². The summed E-state index contributed by atoms with van der Waals surface area (Å²) in [5, 5.41) is 12.2. The first kappa shape index (κ1) is 24.0. The van der Waals surface area contributed by atoms with Crippen LogP contribution in [-0.4, -0.2) is 13.0 Å². The Balaban J connectivity index is 0.00000364. The van der Waals surface area contributed by atoms with Crippen molar-refractivity contribution < 1.29 is 52.4 Å². The maximum absolute atomic E-state index is 12.2. The van der Waals surface area contributed by atoms with Crippen molar-refractivity contribution in [2.45, 2.75) is 56.8 Å². The predicted octanol–water partition coefficient (Wildman–Crippen LogP) is 1.71. The Kier molecular flexibility index (Phi) is 10.4. The summed E-state index contributed by atoms with van der Waals surface area (Å²) in [5.41, 5.74) is 0.0939. The van der Waals surface area contributed by atoms with Crippen molar-refractivity contribution in [3.63, 3.8) is 0 Å². The first-order valence-corrected chi connectivity index (χ1v) is 10.4. The third-order valence-corrected chi connectivity index (χ3v) is 5.15. The summed E-state index contributed by atoms with van der Waals surface area (Å²) >= 11 is 0. The molecule has 0 saturated carbocycles. The fourth-order valence-corrected chi connectivity index (χ4v) is 3.76. The number of rotatable bonds is 10. The fraction of sp³-hybridized carbons (Fsp3) is 0.400. The van der Waals surface area contributed by atoms with Gasteiger partial charge in [-0.3, -0.25) is 4.55 Å². The normalized spacial score (nSPS) is 11.0. The number of hydrogen-bond donors (Lipinski definition) is 1. The van der Waals surface area contributed by atoms with Crippen LogP contribution in [0.15, 0.2) is 47.4 Å². The summed E-state index contributed by atoms with van der Waals surface area (Å²) in [4.78, 5) is -0.414. The van der Waals surface area contributed by atoms with Crippen molar-refractivity contribution in [2.75, 3.05) is 0 Å². The first-order valence-electron chi connectivity index (χ1n) is 8.96. The van der Waals surface area contributed by atoms with Crippen LogP contribution >= 0.6 is 0 Å². The molecule has 0 amide bonds. The Morgan fingerprint density at radius 2 is 1.59 bits per heavy atom. The van der Waals surface area contributed by atoms with E-state index in [0.29, 0.717) is 18.6 Å². The zero-order valence-corrected chi connectivity index (χ0v) is 18.8. The van der Waals surface area contributed by atoms with Gasteiger partial charge >= 0.3 is 29.6 Å². The number of hydrogen-bond acceptors (Lipinski definition) is 4. The summed E-state index contributed by atoms with van der Waals surface area (Å²) in [7, 11) is -4.58. The van der Waals surface area contributed by atoms with Crippen LogP contribution in [0.1, 0.15) is 51.0 Å². The van der Waals surface area contributed by atoms with Crippen LogP contribution in [0.4, 0.5) is 0 Å². The Bertz CT molecular complexity index is 807. The molecule has 1 N–H and O–H groups in total. The van der Waals surface area contributed by atoms with E-state index < -0.39 is 20.8 Å². The number of unbranched alkanes of at least 4 members (excludes halogenated alkanes) is 5. The fourth-order valence-electron chi connectivity index (χ4n) is 2.89. The molecule has 27 heavy (non-hydrogen) atoms. The number of para-hydroxylation sites is 1. The van der Waals surface area contributed by atoms with Crippen molar-refractivity contribution in [3.8, 4) is 17.2 Å². The quantitative estimate of drug-likeness (QED) is 0.373. The summed E-state index contributed by atoms with van der Waals surface area (Å²) in [6, 6.07) is 11.2. The second kappa shape index (κ2) is 11.7. The van der Waals surface area contributed by atoms with Gasteiger partial charge < -0.3 is 9.84 Å².